The fraction of sp³-hybridized carbons (Fsp3) is 0.636. The van der Waals surface area contributed by atoms with Gasteiger partial charge >= 0.3 is 11.9 Å². The molecule has 0 aromatic rings. The molecule has 0 unspecified atom stereocenters. The average Bonchev–Trinajstić information content (AvgIpc) is 2.64. The summed E-state index contributed by atoms with van der Waals surface area (Å²) in [6.07, 6.45) is 3.76. The first-order valence-corrected chi connectivity index (χ1v) is 4.94. The zero-order valence-electron chi connectivity index (χ0n) is 9.28. The van der Waals surface area contributed by atoms with E-state index < -0.39 is 17.9 Å². The molecule has 4 heteroatoms. The van der Waals surface area contributed by atoms with Gasteiger partial charge in [-0.05, 0) is 19.8 Å². The maximum atomic E-state index is 11.5. The summed E-state index contributed by atoms with van der Waals surface area (Å²) in [7, 11) is 2.57. The molecule has 0 spiro atoms. The van der Waals surface area contributed by atoms with E-state index in [4.69, 9.17) is 0 Å². The molecule has 0 aromatic carbocycles. The molecular weight excluding hydrogens is 196 g/mol. The standard InChI is InChI=1S/C11H16O4/c1-7-5-4-6-8(7)9(10(12)14-2)11(13)15-3/h5,8-9H,4,6H2,1-3H3/t8-/m0/s1. The summed E-state index contributed by atoms with van der Waals surface area (Å²) in [5, 5.41) is 0. The van der Waals surface area contributed by atoms with E-state index in [2.05, 4.69) is 9.47 Å². The van der Waals surface area contributed by atoms with Crippen molar-refractivity contribution in [2.24, 2.45) is 11.8 Å². The summed E-state index contributed by atoms with van der Waals surface area (Å²) in [4.78, 5) is 23.0. The maximum Gasteiger partial charge on any atom is 0.320 e. The second kappa shape index (κ2) is 4.96. The summed E-state index contributed by atoms with van der Waals surface area (Å²) in [6, 6.07) is 0. The zero-order chi connectivity index (χ0) is 11.4. The highest BCUT2D eigenvalue weighted by atomic mass is 16.5. The van der Waals surface area contributed by atoms with E-state index >= 15 is 0 Å². The van der Waals surface area contributed by atoms with Crippen molar-refractivity contribution in [3.05, 3.63) is 11.6 Å². The van der Waals surface area contributed by atoms with Crippen molar-refractivity contribution in [2.45, 2.75) is 19.8 Å². The van der Waals surface area contributed by atoms with Gasteiger partial charge in [-0.15, -0.1) is 0 Å². The Morgan fingerprint density at radius 3 is 2.20 bits per heavy atom. The van der Waals surface area contributed by atoms with Crippen LogP contribution in [-0.4, -0.2) is 26.2 Å². The molecule has 1 rings (SSSR count). The SMILES string of the molecule is COC(=O)C(C(=O)OC)[C@H]1CCC=C1C. The van der Waals surface area contributed by atoms with Crippen LogP contribution in [0.3, 0.4) is 0 Å². The van der Waals surface area contributed by atoms with Crippen molar-refractivity contribution in [2.75, 3.05) is 14.2 Å². The molecule has 0 saturated heterocycles. The molecule has 15 heavy (non-hydrogen) atoms. The van der Waals surface area contributed by atoms with Crippen LogP contribution >= 0.6 is 0 Å². The van der Waals surface area contributed by atoms with Crippen molar-refractivity contribution >= 4 is 11.9 Å². The third kappa shape index (κ3) is 2.37. The largest absolute Gasteiger partial charge is 0.468 e. The number of hydrogen-bond acceptors (Lipinski definition) is 4. The molecular formula is C11H16O4. The molecule has 0 heterocycles. The van der Waals surface area contributed by atoms with E-state index in [9.17, 15) is 9.59 Å². The minimum Gasteiger partial charge on any atom is -0.468 e. The van der Waals surface area contributed by atoms with E-state index in [1.54, 1.807) is 0 Å². The normalized spacial score (nSPS) is 20.0. The van der Waals surface area contributed by atoms with Crippen LogP contribution in [0.5, 0.6) is 0 Å². The second-order valence-corrected chi connectivity index (χ2v) is 3.66. The van der Waals surface area contributed by atoms with Gasteiger partial charge in [-0.3, -0.25) is 9.59 Å². The molecule has 0 radical (unpaired) electrons. The van der Waals surface area contributed by atoms with Crippen LogP contribution in [0.15, 0.2) is 11.6 Å². The Bertz CT molecular complexity index is 277. The molecule has 0 amide bonds. The maximum absolute atomic E-state index is 11.5. The van der Waals surface area contributed by atoms with Crippen molar-refractivity contribution in [3.63, 3.8) is 0 Å². The Kier molecular flexibility index (Phi) is 3.88. The lowest BCUT2D eigenvalue weighted by Gasteiger charge is -2.20. The van der Waals surface area contributed by atoms with Gasteiger partial charge in [-0.1, -0.05) is 11.6 Å². The first-order valence-electron chi connectivity index (χ1n) is 4.94. The highest BCUT2D eigenvalue weighted by molar-refractivity contribution is 5.95. The van der Waals surface area contributed by atoms with Crippen LogP contribution in [0.1, 0.15) is 19.8 Å². The minimum atomic E-state index is -0.807. The lowest BCUT2D eigenvalue weighted by molar-refractivity contribution is -0.160. The molecule has 4 nitrogen and oxygen atoms in total. The monoisotopic (exact) mass is 212 g/mol. The van der Waals surface area contributed by atoms with Crippen LogP contribution in [0.25, 0.3) is 0 Å². The van der Waals surface area contributed by atoms with E-state index in [0.717, 1.165) is 18.4 Å². The van der Waals surface area contributed by atoms with Gasteiger partial charge < -0.3 is 9.47 Å². The van der Waals surface area contributed by atoms with Crippen LogP contribution in [0.4, 0.5) is 0 Å². The topological polar surface area (TPSA) is 52.6 Å². The first-order chi connectivity index (χ1) is 7.11. The Hall–Kier alpha value is -1.32. The summed E-state index contributed by atoms with van der Waals surface area (Å²) >= 11 is 0. The van der Waals surface area contributed by atoms with E-state index in [-0.39, 0.29) is 5.92 Å². The minimum absolute atomic E-state index is 0.0649. The number of ether oxygens (including phenoxy) is 2. The van der Waals surface area contributed by atoms with Gasteiger partial charge in [0.1, 0.15) is 0 Å². The summed E-state index contributed by atoms with van der Waals surface area (Å²) in [5.74, 6) is -1.90. The van der Waals surface area contributed by atoms with Crippen LogP contribution < -0.4 is 0 Å². The Morgan fingerprint density at radius 1 is 1.33 bits per heavy atom. The molecule has 0 fully saturated rings. The van der Waals surface area contributed by atoms with Crippen molar-refractivity contribution in [1.29, 1.82) is 0 Å². The van der Waals surface area contributed by atoms with Crippen LogP contribution in [0, 0.1) is 11.8 Å². The number of esters is 2. The number of rotatable bonds is 3. The fourth-order valence-electron chi connectivity index (χ4n) is 1.98. The molecule has 0 aromatic heterocycles. The molecule has 1 aliphatic rings. The van der Waals surface area contributed by atoms with Gasteiger partial charge in [-0.2, -0.15) is 0 Å². The molecule has 0 aliphatic heterocycles. The molecule has 1 atom stereocenters. The Morgan fingerprint density at radius 2 is 1.87 bits per heavy atom. The van der Waals surface area contributed by atoms with Gasteiger partial charge in [-0.25, -0.2) is 0 Å². The van der Waals surface area contributed by atoms with Crippen molar-refractivity contribution in [1.82, 2.24) is 0 Å². The molecule has 0 N–H and O–H groups in total. The molecule has 1 aliphatic carbocycles. The van der Waals surface area contributed by atoms with Gasteiger partial charge in [0.15, 0.2) is 5.92 Å². The number of carbonyl (C=O) groups excluding carboxylic acids is 2. The van der Waals surface area contributed by atoms with Crippen molar-refractivity contribution in [3.8, 4) is 0 Å². The number of hydrogen-bond donors (Lipinski definition) is 0. The fourth-order valence-corrected chi connectivity index (χ4v) is 1.98. The van der Waals surface area contributed by atoms with Gasteiger partial charge in [0.05, 0.1) is 14.2 Å². The highest BCUT2D eigenvalue weighted by Crippen LogP contribution is 2.33. The average molecular weight is 212 g/mol. The lowest BCUT2D eigenvalue weighted by Crippen LogP contribution is -2.33. The lowest BCUT2D eigenvalue weighted by atomic mass is 9.87. The third-order valence-electron chi connectivity index (χ3n) is 2.84. The summed E-state index contributed by atoms with van der Waals surface area (Å²) in [5.41, 5.74) is 1.07. The second-order valence-electron chi connectivity index (χ2n) is 3.66. The van der Waals surface area contributed by atoms with Crippen molar-refractivity contribution < 1.29 is 19.1 Å². The van der Waals surface area contributed by atoms with E-state index in [0.29, 0.717) is 0 Å². The number of carbonyl (C=O) groups is 2. The highest BCUT2D eigenvalue weighted by Gasteiger charge is 2.38. The van der Waals surface area contributed by atoms with Crippen LogP contribution in [0.2, 0.25) is 0 Å². The Labute approximate surface area is 89.2 Å². The quantitative estimate of drug-likeness (QED) is 0.402. The first kappa shape index (κ1) is 11.8. The Balaban J connectivity index is 2.86. The zero-order valence-corrected chi connectivity index (χ0v) is 9.28. The number of methoxy groups -OCH3 is 2. The third-order valence-corrected chi connectivity index (χ3v) is 2.84. The van der Waals surface area contributed by atoms with Crippen LogP contribution in [-0.2, 0) is 19.1 Å². The molecule has 0 saturated carbocycles. The smallest absolute Gasteiger partial charge is 0.320 e. The predicted molar refractivity (Wildman–Crippen MR) is 54.0 cm³/mol. The van der Waals surface area contributed by atoms with E-state index in [1.807, 2.05) is 13.0 Å². The molecule has 84 valence electrons. The van der Waals surface area contributed by atoms with Gasteiger partial charge in [0.2, 0.25) is 0 Å². The summed E-state index contributed by atoms with van der Waals surface area (Å²) < 4.78 is 9.26. The number of allylic oxidation sites excluding steroid dienone is 2. The predicted octanol–water partition coefficient (Wildman–Crippen LogP) is 1.30. The summed E-state index contributed by atoms with van der Waals surface area (Å²) in [6.45, 7) is 1.93. The molecule has 0 bridgehead atoms. The van der Waals surface area contributed by atoms with Gasteiger partial charge in [0.25, 0.3) is 0 Å². The van der Waals surface area contributed by atoms with Gasteiger partial charge in [0, 0.05) is 5.92 Å². The van der Waals surface area contributed by atoms with E-state index in [1.165, 1.54) is 14.2 Å².